The van der Waals surface area contributed by atoms with Crippen molar-refractivity contribution in [3.8, 4) is 5.82 Å². The van der Waals surface area contributed by atoms with Crippen molar-refractivity contribution in [3.63, 3.8) is 0 Å². The van der Waals surface area contributed by atoms with Crippen molar-refractivity contribution in [2.24, 2.45) is 0 Å². The molecule has 0 aliphatic carbocycles. The predicted molar refractivity (Wildman–Crippen MR) is 62.4 cm³/mol. The van der Waals surface area contributed by atoms with Crippen LogP contribution in [0.3, 0.4) is 0 Å². The molecule has 90 valence electrons. The molecule has 0 saturated heterocycles. The molecule has 2 aromatic rings. The molecule has 9 heteroatoms. The molecule has 0 aliphatic heterocycles. The lowest BCUT2D eigenvalue weighted by Crippen LogP contribution is -2.15. The minimum absolute atomic E-state index is 0.290. The van der Waals surface area contributed by atoms with E-state index in [1.807, 2.05) is 0 Å². The van der Waals surface area contributed by atoms with Crippen molar-refractivity contribution >= 4 is 27.3 Å². The molecule has 0 bridgehead atoms. The molecule has 17 heavy (non-hydrogen) atoms. The summed E-state index contributed by atoms with van der Waals surface area (Å²) in [5, 5.41) is 3.35. The summed E-state index contributed by atoms with van der Waals surface area (Å²) in [6.07, 6.45) is 4.27. The number of anilines is 1. The van der Waals surface area contributed by atoms with Gasteiger partial charge in [0.25, 0.3) is 0 Å². The minimum Gasteiger partial charge on any atom is -0.279 e. The highest BCUT2D eigenvalue weighted by Crippen LogP contribution is 2.17. The van der Waals surface area contributed by atoms with E-state index < -0.39 is 15.2 Å². The van der Waals surface area contributed by atoms with Gasteiger partial charge in [-0.05, 0) is 12.1 Å². The van der Waals surface area contributed by atoms with Gasteiger partial charge in [0.2, 0.25) is 10.0 Å². The second-order valence-corrected chi connectivity index (χ2v) is 5.35. The summed E-state index contributed by atoms with van der Waals surface area (Å²) in [6, 6.07) is 3.17. The van der Waals surface area contributed by atoms with Gasteiger partial charge in [0, 0.05) is 6.20 Å². The molecular weight excluding hydrogens is 266 g/mol. The lowest BCUT2D eigenvalue weighted by Gasteiger charge is -2.09. The van der Waals surface area contributed by atoms with Gasteiger partial charge in [0.05, 0.1) is 5.69 Å². The smallest absolute Gasteiger partial charge is 0.246 e. The number of sulfonamides is 1. The standard InChI is InChI=1S/C8H8ClN5O2S/c9-4-17(15,16)13-7-2-1-3-11-8(7)14-6-10-5-12-14/h1-3,5-6,13H,4H2. The lowest BCUT2D eigenvalue weighted by molar-refractivity contribution is 0.605. The molecule has 0 unspecified atom stereocenters. The molecule has 0 spiro atoms. The SMILES string of the molecule is O=S(=O)(CCl)Nc1cccnc1-n1cncn1. The molecule has 0 radical (unpaired) electrons. The summed E-state index contributed by atoms with van der Waals surface area (Å²) < 4.78 is 26.4. The number of pyridine rings is 1. The predicted octanol–water partition coefficient (Wildman–Crippen LogP) is 0.600. The molecule has 0 saturated carbocycles. The van der Waals surface area contributed by atoms with Crippen molar-refractivity contribution in [3.05, 3.63) is 31.0 Å². The molecule has 7 nitrogen and oxygen atoms in total. The van der Waals surface area contributed by atoms with Crippen LogP contribution in [0.2, 0.25) is 0 Å². The van der Waals surface area contributed by atoms with Gasteiger partial charge in [0.1, 0.15) is 17.9 Å². The minimum atomic E-state index is -3.57. The zero-order chi connectivity index (χ0) is 12.3. The highest BCUT2D eigenvalue weighted by molar-refractivity contribution is 7.93. The van der Waals surface area contributed by atoms with E-state index in [2.05, 4.69) is 19.8 Å². The fourth-order valence-corrected chi connectivity index (χ4v) is 1.88. The average Bonchev–Trinajstić information content (AvgIpc) is 2.83. The van der Waals surface area contributed by atoms with Crippen LogP contribution in [0.4, 0.5) is 5.69 Å². The maximum Gasteiger partial charge on any atom is 0.246 e. The van der Waals surface area contributed by atoms with Crippen LogP contribution in [-0.2, 0) is 10.0 Å². The number of nitrogens with zero attached hydrogens (tertiary/aromatic N) is 4. The molecule has 0 fully saturated rings. The number of alkyl halides is 1. The third kappa shape index (κ3) is 2.71. The lowest BCUT2D eigenvalue weighted by atomic mass is 10.4. The molecular formula is C8H8ClN5O2S. The van der Waals surface area contributed by atoms with Gasteiger partial charge >= 0.3 is 0 Å². The van der Waals surface area contributed by atoms with Crippen molar-refractivity contribution in [2.75, 3.05) is 9.93 Å². The zero-order valence-electron chi connectivity index (χ0n) is 8.49. The Kier molecular flexibility index (Phi) is 3.25. The van der Waals surface area contributed by atoms with Crippen LogP contribution in [0.15, 0.2) is 31.0 Å². The topological polar surface area (TPSA) is 89.8 Å². The van der Waals surface area contributed by atoms with Crippen LogP contribution in [0.5, 0.6) is 0 Å². The first-order valence-corrected chi connectivity index (χ1v) is 6.67. The average molecular weight is 274 g/mol. The van der Waals surface area contributed by atoms with Crippen LogP contribution in [0.25, 0.3) is 5.82 Å². The quantitative estimate of drug-likeness (QED) is 0.824. The van der Waals surface area contributed by atoms with Gasteiger partial charge < -0.3 is 0 Å². The van der Waals surface area contributed by atoms with Crippen LogP contribution < -0.4 is 4.72 Å². The normalized spacial score (nSPS) is 11.4. The second kappa shape index (κ2) is 4.68. The molecule has 0 aliphatic rings. The van der Waals surface area contributed by atoms with Crippen LogP contribution in [0, 0.1) is 0 Å². The summed E-state index contributed by atoms with van der Waals surface area (Å²) in [5.41, 5.74) is 0.290. The summed E-state index contributed by atoms with van der Waals surface area (Å²) >= 11 is 5.31. The fraction of sp³-hybridized carbons (Fsp3) is 0.125. The molecule has 1 N–H and O–H groups in total. The Bertz CT molecular complexity index is 598. The summed E-state index contributed by atoms with van der Waals surface area (Å²) in [4.78, 5) is 7.79. The van der Waals surface area contributed by atoms with E-state index in [-0.39, 0.29) is 0 Å². The van der Waals surface area contributed by atoms with Gasteiger partial charge in [0.15, 0.2) is 5.82 Å². The van der Waals surface area contributed by atoms with Crippen LogP contribution in [-0.4, -0.2) is 33.4 Å². The van der Waals surface area contributed by atoms with E-state index in [1.165, 1.54) is 23.5 Å². The molecule has 0 atom stereocenters. The van der Waals surface area contributed by atoms with Crippen molar-refractivity contribution < 1.29 is 8.42 Å². The number of rotatable bonds is 4. The Morgan fingerprint density at radius 3 is 2.94 bits per heavy atom. The van der Waals surface area contributed by atoms with Crippen LogP contribution in [0.1, 0.15) is 0 Å². The Labute approximate surface area is 103 Å². The second-order valence-electron chi connectivity index (χ2n) is 3.04. The van der Waals surface area contributed by atoms with E-state index in [1.54, 1.807) is 12.1 Å². The van der Waals surface area contributed by atoms with Crippen molar-refractivity contribution in [1.82, 2.24) is 19.7 Å². The van der Waals surface area contributed by atoms with Crippen molar-refractivity contribution in [2.45, 2.75) is 0 Å². The largest absolute Gasteiger partial charge is 0.279 e. The summed E-state index contributed by atoms with van der Waals surface area (Å²) in [5.74, 6) is 0.332. The van der Waals surface area contributed by atoms with Gasteiger partial charge in [-0.1, -0.05) is 0 Å². The Morgan fingerprint density at radius 1 is 1.47 bits per heavy atom. The Morgan fingerprint density at radius 2 is 2.29 bits per heavy atom. The summed E-state index contributed by atoms with van der Waals surface area (Å²) in [7, 11) is -3.57. The first kappa shape index (κ1) is 11.8. The number of hydrogen-bond donors (Lipinski definition) is 1. The van der Waals surface area contributed by atoms with Gasteiger partial charge in [-0.3, -0.25) is 4.72 Å². The number of halogens is 1. The van der Waals surface area contributed by atoms with Gasteiger partial charge in [-0.25, -0.2) is 23.1 Å². The Hall–Kier alpha value is -1.67. The fourth-order valence-electron chi connectivity index (χ4n) is 1.17. The zero-order valence-corrected chi connectivity index (χ0v) is 10.1. The number of nitrogens with one attached hydrogen (secondary N) is 1. The molecule has 0 aromatic carbocycles. The third-order valence-electron chi connectivity index (χ3n) is 1.83. The van der Waals surface area contributed by atoms with E-state index in [0.29, 0.717) is 11.5 Å². The monoisotopic (exact) mass is 273 g/mol. The summed E-state index contributed by atoms with van der Waals surface area (Å²) in [6.45, 7) is 0. The molecule has 2 rings (SSSR count). The van der Waals surface area contributed by atoms with E-state index >= 15 is 0 Å². The van der Waals surface area contributed by atoms with E-state index in [4.69, 9.17) is 11.6 Å². The van der Waals surface area contributed by atoms with E-state index in [9.17, 15) is 8.42 Å². The molecule has 0 amide bonds. The number of hydrogen-bond acceptors (Lipinski definition) is 5. The highest BCUT2D eigenvalue weighted by Gasteiger charge is 2.13. The first-order valence-electron chi connectivity index (χ1n) is 4.49. The highest BCUT2D eigenvalue weighted by atomic mass is 35.5. The maximum absolute atomic E-state index is 11.4. The van der Waals surface area contributed by atoms with Gasteiger partial charge in [-0.15, -0.1) is 11.6 Å². The molecule has 2 heterocycles. The molecule has 2 aromatic heterocycles. The van der Waals surface area contributed by atoms with Crippen LogP contribution >= 0.6 is 11.6 Å². The maximum atomic E-state index is 11.4. The first-order chi connectivity index (χ1) is 8.12. The third-order valence-corrected chi connectivity index (χ3v) is 3.51. The van der Waals surface area contributed by atoms with Crippen molar-refractivity contribution in [1.29, 1.82) is 0 Å². The van der Waals surface area contributed by atoms with Gasteiger partial charge in [-0.2, -0.15) is 5.10 Å². The van der Waals surface area contributed by atoms with E-state index in [0.717, 1.165) is 0 Å². The number of aromatic nitrogens is 4. The Balaban J connectivity index is 2.42.